The Balaban J connectivity index is 2.10. The molecule has 3 atom stereocenters. The van der Waals surface area contributed by atoms with Crippen LogP contribution in [0.3, 0.4) is 0 Å². The zero-order chi connectivity index (χ0) is 11.4. The number of nitrogens with two attached hydrogens (primary N) is 1. The molecule has 0 aliphatic carbocycles. The van der Waals surface area contributed by atoms with Crippen LogP contribution < -0.4 is 5.73 Å². The molecule has 2 nitrogen and oxygen atoms in total. The summed E-state index contributed by atoms with van der Waals surface area (Å²) in [6.45, 7) is 2.26. The van der Waals surface area contributed by atoms with E-state index in [0.717, 1.165) is 0 Å². The molecule has 16 heavy (non-hydrogen) atoms. The lowest BCUT2D eigenvalue weighted by atomic mass is 10.0. The van der Waals surface area contributed by atoms with E-state index in [-0.39, 0.29) is 6.04 Å². The van der Waals surface area contributed by atoms with E-state index < -0.39 is 0 Å². The number of hydrogen-bond donors (Lipinski definition) is 1. The van der Waals surface area contributed by atoms with Crippen molar-refractivity contribution in [1.82, 2.24) is 4.98 Å². The lowest BCUT2D eigenvalue weighted by molar-refractivity contribution is 0.628. The smallest absolute Gasteiger partial charge is 0.0441 e. The number of aromatic nitrogens is 1. The maximum absolute atomic E-state index is 6.36. The zero-order valence-corrected chi connectivity index (χ0v) is 11.1. The first kappa shape index (κ1) is 12.3. The van der Waals surface area contributed by atoms with Crippen LogP contribution in [0.4, 0.5) is 0 Å². The molecule has 88 valence electrons. The van der Waals surface area contributed by atoms with E-state index in [0.29, 0.717) is 10.5 Å². The van der Waals surface area contributed by atoms with E-state index in [1.165, 1.54) is 23.5 Å². The summed E-state index contributed by atoms with van der Waals surface area (Å²) in [6.07, 6.45) is 4.91. The number of nitrogens with zero attached hydrogens (tertiary/aromatic N) is 1. The predicted molar refractivity (Wildman–Crippen MR) is 73.9 cm³/mol. The van der Waals surface area contributed by atoms with E-state index in [4.69, 9.17) is 5.73 Å². The van der Waals surface area contributed by atoms with Gasteiger partial charge in [-0.2, -0.15) is 23.5 Å². The van der Waals surface area contributed by atoms with Crippen molar-refractivity contribution in [2.24, 2.45) is 5.73 Å². The SMILES string of the molecule is CCC1SCCSC1C(N)c1cccnc1. The van der Waals surface area contributed by atoms with Gasteiger partial charge in [-0.3, -0.25) is 4.98 Å². The number of rotatable bonds is 3. The second-order valence-corrected chi connectivity index (χ2v) is 6.60. The van der Waals surface area contributed by atoms with Gasteiger partial charge in [0, 0.05) is 40.4 Å². The van der Waals surface area contributed by atoms with Crippen molar-refractivity contribution in [3.05, 3.63) is 30.1 Å². The average molecular weight is 254 g/mol. The third-order valence-corrected chi connectivity index (χ3v) is 6.29. The van der Waals surface area contributed by atoms with Crippen LogP contribution in [0.1, 0.15) is 24.9 Å². The van der Waals surface area contributed by atoms with E-state index in [1.807, 2.05) is 24.0 Å². The van der Waals surface area contributed by atoms with Gasteiger partial charge in [0.1, 0.15) is 0 Å². The zero-order valence-electron chi connectivity index (χ0n) is 9.50. The molecule has 2 heterocycles. The normalized spacial score (nSPS) is 27.6. The van der Waals surface area contributed by atoms with E-state index in [9.17, 15) is 0 Å². The van der Waals surface area contributed by atoms with Crippen LogP contribution in [0.15, 0.2) is 24.5 Å². The molecule has 0 radical (unpaired) electrons. The van der Waals surface area contributed by atoms with Crippen LogP contribution >= 0.6 is 23.5 Å². The minimum atomic E-state index is 0.122. The van der Waals surface area contributed by atoms with Crippen molar-refractivity contribution in [2.45, 2.75) is 29.9 Å². The van der Waals surface area contributed by atoms with Gasteiger partial charge in [0.05, 0.1) is 0 Å². The molecule has 1 aromatic rings. The summed E-state index contributed by atoms with van der Waals surface area (Å²) < 4.78 is 0. The van der Waals surface area contributed by atoms with Crippen molar-refractivity contribution in [3.8, 4) is 0 Å². The van der Waals surface area contributed by atoms with Crippen LogP contribution in [0.25, 0.3) is 0 Å². The Morgan fingerprint density at radius 2 is 2.31 bits per heavy atom. The Kier molecular flexibility index (Phi) is 4.55. The van der Waals surface area contributed by atoms with Gasteiger partial charge >= 0.3 is 0 Å². The highest BCUT2D eigenvalue weighted by Gasteiger charge is 2.30. The predicted octanol–water partition coefficient (Wildman–Crippen LogP) is 2.71. The quantitative estimate of drug-likeness (QED) is 0.900. The van der Waals surface area contributed by atoms with Crippen molar-refractivity contribution < 1.29 is 0 Å². The highest BCUT2D eigenvalue weighted by Crippen LogP contribution is 2.38. The van der Waals surface area contributed by atoms with Crippen molar-refractivity contribution in [3.63, 3.8) is 0 Å². The molecule has 4 heteroatoms. The fraction of sp³-hybridized carbons (Fsp3) is 0.583. The molecular formula is C12H18N2S2. The fourth-order valence-electron chi connectivity index (χ4n) is 2.03. The van der Waals surface area contributed by atoms with E-state index in [2.05, 4.69) is 29.7 Å². The molecule has 0 aromatic carbocycles. The maximum atomic E-state index is 6.36. The molecule has 1 aliphatic rings. The molecule has 1 aliphatic heterocycles. The summed E-state index contributed by atoms with van der Waals surface area (Å²) in [5.41, 5.74) is 7.53. The Labute approximate surface area is 106 Å². The minimum Gasteiger partial charge on any atom is -0.323 e. The van der Waals surface area contributed by atoms with Gasteiger partial charge in [-0.1, -0.05) is 13.0 Å². The largest absolute Gasteiger partial charge is 0.323 e. The Morgan fingerprint density at radius 3 is 3.00 bits per heavy atom. The summed E-state index contributed by atoms with van der Waals surface area (Å²) in [5, 5.41) is 1.22. The Hall–Kier alpha value is -0.190. The molecule has 0 amide bonds. The first-order chi connectivity index (χ1) is 7.83. The third-order valence-electron chi connectivity index (χ3n) is 2.92. The molecule has 0 saturated carbocycles. The highest BCUT2D eigenvalue weighted by molar-refractivity contribution is 8.07. The van der Waals surface area contributed by atoms with Crippen LogP contribution in [-0.4, -0.2) is 27.0 Å². The van der Waals surface area contributed by atoms with Gasteiger partial charge in [-0.25, -0.2) is 0 Å². The highest BCUT2D eigenvalue weighted by atomic mass is 32.2. The fourth-order valence-corrected chi connectivity index (χ4v) is 5.22. The lowest BCUT2D eigenvalue weighted by Crippen LogP contribution is -2.35. The van der Waals surface area contributed by atoms with Crippen molar-refractivity contribution in [1.29, 1.82) is 0 Å². The summed E-state index contributed by atoms with van der Waals surface area (Å²) in [4.78, 5) is 4.16. The molecule has 1 saturated heterocycles. The molecule has 3 unspecified atom stereocenters. The first-order valence-electron chi connectivity index (χ1n) is 5.71. The molecule has 1 aromatic heterocycles. The number of pyridine rings is 1. The van der Waals surface area contributed by atoms with Crippen LogP contribution in [0, 0.1) is 0 Å². The van der Waals surface area contributed by atoms with Gasteiger partial charge in [0.2, 0.25) is 0 Å². The summed E-state index contributed by atoms with van der Waals surface area (Å²) in [7, 11) is 0. The van der Waals surface area contributed by atoms with Gasteiger partial charge < -0.3 is 5.73 Å². The molecule has 2 N–H and O–H groups in total. The number of thioether (sulfide) groups is 2. The lowest BCUT2D eigenvalue weighted by Gasteiger charge is -2.34. The summed E-state index contributed by atoms with van der Waals surface area (Å²) >= 11 is 4.10. The number of hydrogen-bond acceptors (Lipinski definition) is 4. The Bertz CT molecular complexity index is 318. The molecular weight excluding hydrogens is 236 g/mol. The second kappa shape index (κ2) is 5.94. The van der Waals surface area contributed by atoms with Gasteiger partial charge in [-0.15, -0.1) is 0 Å². The minimum absolute atomic E-state index is 0.122. The van der Waals surface area contributed by atoms with Gasteiger partial charge in [0.15, 0.2) is 0 Å². The van der Waals surface area contributed by atoms with Crippen LogP contribution in [0.2, 0.25) is 0 Å². The van der Waals surface area contributed by atoms with Crippen LogP contribution in [0.5, 0.6) is 0 Å². The summed E-state index contributed by atoms with van der Waals surface area (Å²) in [5.74, 6) is 2.49. The average Bonchev–Trinajstić information content (AvgIpc) is 2.39. The van der Waals surface area contributed by atoms with E-state index >= 15 is 0 Å². The molecule has 0 spiro atoms. The van der Waals surface area contributed by atoms with Crippen LogP contribution in [-0.2, 0) is 0 Å². The maximum Gasteiger partial charge on any atom is 0.0441 e. The third kappa shape index (κ3) is 2.73. The topological polar surface area (TPSA) is 38.9 Å². The van der Waals surface area contributed by atoms with Crippen molar-refractivity contribution in [2.75, 3.05) is 11.5 Å². The van der Waals surface area contributed by atoms with Gasteiger partial charge in [-0.05, 0) is 18.1 Å². The molecule has 1 fully saturated rings. The second-order valence-electron chi connectivity index (χ2n) is 3.97. The summed E-state index contributed by atoms with van der Waals surface area (Å²) in [6, 6.07) is 4.18. The van der Waals surface area contributed by atoms with Gasteiger partial charge in [0.25, 0.3) is 0 Å². The van der Waals surface area contributed by atoms with Crippen molar-refractivity contribution >= 4 is 23.5 Å². The Morgan fingerprint density at radius 1 is 1.50 bits per heavy atom. The standard InChI is InChI=1S/C12H18N2S2/c1-2-10-12(16-7-6-15-10)11(13)9-4-3-5-14-8-9/h3-5,8,10-12H,2,6-7,13H2,1H3. The van der Waals surface area contributed by atoms with E-state index in [1.54, 1.807) is 6.20 Å². The monoisotopic (exact) mass is 254 g/mol. The molecule has 2 rings (SSSR count). The first-order valence-corrected chi connectivity index (χ1v) is 7.81. The molecule has 0 bridgehead atoms.